The lowest BCUT2D eigenvalue weighted by atomic mass is 10.2. The molecule has 0 radical (unpaired) electrons. The molecular formula is C13H18ClNO3. The molecule has 0 saturated carbocycles. The minimum absolute atomic E-state index is 0.336. The lowest BCUT2D eigenvalue weighted by molar-refractivity contribution is -0.143. The van der Waals surface area contributed by atoms with Crippen LogP contribution in [0, 0.1) is 12.8 Å². The van der Waals surface area contributed by atoms with Crippen LogP contribution < -0.4 is 5.32 Å². The van der Waals surface area contributed by atoms with E-state index >= 15 is 0 Å². The van der Waals surface area contributed by atoms with Gasteiger partial charge in [-0.2, -0.15) is 0 Å². The summed E-state index contributed by atoms with van der Waals surface area (Å²) < 4.78 is 5.03. The molecule has 1 saturated heterocycles. The molecule has 4 nitrogen and oxygen atoms in total. The number of rotatable bonds is 1. The van der Waals surface area contributed by atoms with E-state index in [2.05, 4.69) is 5.32 Å². The molecule has 1 unspecified atom stereocenters. The molecule has 0 aliphatic carbocycles. The molecular weight excluding hydrogens is 254 g/mol. The van der Waals surface area contributed by atoms with E-state index in [0.29, 0.717) is 19.8 Å². The van der Waals surface area contributed by atoms with Crippen molar-refractivity contribution < 1.29 is 14.6 Å². The van der Waals surface area contributed by atoms with E-state index in [1.807, 2.05) is 31.2 Å². The third-order valence-corrected chi connectivity index (χ3v) is 2.98. The Balaban J connectivity index is 0.000000184. The molecule has 1 fully saturated rings. The highest BCUT2D eigenvalue weighted by Crippen LogP contribution is 2.11. The van der Waals surface area contributed by atoms with Gasteiger partial charge in [-0.3, -0.25) is 4.79 Å². The zero-order valence-electron chi connectivity index (χ0n) is 10.4. The largest absolute Gasteiger partial charge is 0.481 e. The summed E-state index contributed by atoms with van der Waals surface area (Å²) in [6.07, 6.45) is 0. The van der Waals surface area contributed by atoms with Crippen LogP contribution in [0.15, 0.2) is 24.3 Å². The molecule has 0 aromatic heterocycles. The van der Waals surface area contributed by atoms with Crippen molar-refractivity contribution in [2.75, 3.05) is 26.3 Å². The number of ether oxygens (including phenoxy) is 1. The second kappa shape index (κ2) is 8.08. The molecule has 2 N–H and O–H groups in total. The van der Waals surface area contributed by atoms with Crippen molar-refractivity contribution in [3.05, 3.63) is 34.9 Å². The van der Waals surface area contributed by atoms with Crippen LogP contribution in [0.5, 0.6) is 0 Å². The lowest BCUT2D eigenvalue weighted by Gasteiger charge is -2.05. The zero-order valence-corrected chi connectivity index (χ0v) is 11.1. The Labute approximate surface area is 112 Å². The Kier molecular flexibility index (Phi) is 6.72. The summed E-state index contributed by atoms with van der Waals surface area (Å²) in [6, 6.07) is 7.77. The van der Waals surface area contributed by atoms with E-state index in [-0.39, 0.29) is 5.92 Å². The van der Waals surface area contributed by atoms with E-state index in [0.717, 1.165) is 17.1 Å². The standard InChI is InChI=1S/C7H7Cl.C6H11NO3/c1-6-4-2-3-5-7(6)8;8-6(9)5-3-7-1-2-10-4-5/h2-5H,1H3;5,7H,1-4H2,(H,8,9). The average molecular weight is 272 g/mol. The summed E-state index contributed by atoms with van der Waals surface area (Å²) in [4.78, 5) is 10.4. The molecule has 0 bridgehead atoms. The van der Waals surface area contributed by atoms with Crippen LogP contribution in [0.3, 0.4) is 0 Å². The van der Waals surface area contributed by atoms with E-state index in [1.165, 1.54) is 0 Å². The molecule has 1 aromatic rings. The number of carboxylic acid groups (broad SMARTS) is 1. The first-order valence-electron chi connectivity index (χ1n) is 5.83. The number of halogens is 1. The van der Waals surface area contributed by atoms with E-state index in [4.69, 9.17) is 21.4 Å². The number of carbonyl (C=O) groups is 1. The van der Waals surface area contributed by atoms with Crippen molar-refractivity contribution in [2.45, 2.75) is 6.92 Å². The molecule has 1 aliphatic rings. The zero-order chi connectivity index (χ0) is 13.4. The Bertz CT molecular complexity index is 355. The van der Waals surface area contributed by atoms with Gasteiger partial charge in [-0.15, -0.1) is 0 Å². The maximum atomic E-state index is 10.4. The Morgan fingerprint density at radius 2 is 2.22 bits per heavy atom. The molecule has 0 amide bonds. The van der Waals surface area contributed by atoms with Gasteiger partial charge >= 0.3 is 5.97 Å². The van der Waals surface area contributed by atoms with Crippen molar-refractivity contribution >= 4 is 17.6 Å². The first kappa shape index (κ1) is 15.0. The molecule has 1 atom stereocenters. The number of hydrogen-bond acceptors (Lipinski definition) is 3. The molecule has 2 rings (SSSR count). The Morgan fingerprint density at radius 3 is 2.78 bits per heavy atom. The highest BCUT2D eigenvalue weighted by Gasteiger charge is 2.18. The van der Waals surface area contributed by atoms with E-state index in [9.17, 15) is 4.79 Å². The first-order valence-corrected chi connectivity index (χ1v) is 6.21. The predicted octanol–water partition coefficient (Wildman–Crippen LogP) is 1.96. The van der Waals surface area contributed by atoms with Crippen LogP contribution in [0.1, 0.15) is 5.56 Å². The molecule has 1 aromatic carbocycles. The van der Waals surface area contributed by atoms with Gasteiger partial charge in [0.1, 0.15) is 0 Å². The summed E-state index contributed by atoms with van der Waals surface area (Å²) in [6.45, 7) is 4.22. The maximum Gasteiger partial charge on any atom is 0.310 e. The van der Waals surface area contributed by atoms with Gasteiger partial charge in [-0.1, -0.05) is 29.8 Å². The quantitative estimate of drug-likeness (QED) is 0.820. The Hall–Kier alpha value is -1.10. The average Bonchev–Trinajstić information content (AvgIpc) is 2.62. The number of hydrogen-bond donors (Lipinski definition) is 2. The summed E-state index contributed by atoms with van der Waals surface area (Å²) in [5.74, 6) is -1.16. The van der Waals surface area contributed by atoms with Crippen LogP contribution in [0.4, 0.5) is 0 Å². The number of aliphatic carboxylic acids is 1. The topological polar surface area (TPSA) is 58.6 Å². The van der Waals surface area contributed by atoms with Gasteiger partial charge < -0.3 is 15.2 Å². The fraction of sp³-hybridized carbons (Fsp3) is 0.462. The summed E-state index contributed by atoms with van der Waals surface area (Å²) in [5.41, 5.74) is 1.13. The molecule has 1 aliphatic heterocycles. The second-order valence-corrected chi connectivity index (χ2v) is 4.47. The van der Waals surface area contributed by atoms with Crippen LogP contribution in [0.25, 0.3) is 0 Å². The third-order valence-electron chi connectivity index (χ3n) is 2.56. The highest BCUT2D eigenvalue weighted by molar-refractivity contribution is 6.31. The number of benzene rings is 1. The summed E-state index contributed by atoms with van der Waals surface area (Å²) >= 11 is 5.71. The van der Waals surface area contributed by atoms with Crippen molar-refractivity contribution in [1.82, 2.24) is 5.32 Å². The van der Waals surface area contributed by atoms with E-state index < -0.39 is 5.97 Å². The van der Waals surface area contributed by atoms with Crippen molar-refractivity contribution in [1.29, 1.82) is 0 Å². The number of aryl methyl sites for hydroxylation is 1. The van der Waals surface area contributed by atoms with Gasteiger partial charge in [0.15, 0.2) is 0 Å². The normalized spacial score (nSPS) is 19.3. The maximum absolute atomic E-state index is 10.4. The predicted molar refractivity (Wildman–Crippen MR) is 71.0 cm³/mol. The van der Waals surface area contributed by atoms with Crippen molar-refractivity contribution in [3.8, 4) is 0 Å². The van der Waals surface area contributed by atoms with Crippen LogP contribution in [0.2, 0.25) is 5.02 Å². The van der Waals surface area contributed by atoms with Crippen LogP contribution in [-0.2, 0) is 9.53 Å². The minimum atomic E-state index is -0.783. The smallest absolute Gasteiger partial charge is 0.310 e. The summed E-state index contributed by atoms with van der Waals surface area (Å²) in [7, 11) is 0. The first-order chi connectivity index (χ1) is 8.61. The highest BCUT2D eigenvalue weighted by atomic mass is 35.5. The molecule has 0 spiro atoms. The van der Waals surface area contributed by atoms with Gasteiger partial charge in [0.2, 0.25) is 0 Å². The number of nitrogens with one attached hydrogen (secondary N) is 1. The van der Waals surface area contributed by atoms with Gasteiger partial charge in [0, 0.05) is 18.1 Å². The minimum Gasteiger partial charge on any atom is -0.481 e. The monoisotopic (exact) mass is 271 g/mol. The van der Waals surface area contributed by atoms with Gasteiger partial charge in [-0.25, -0.2) is 0 Å². The van der Waals surface area contributed by atoms with Crippen molar-refractivity contribution in [2.24, 2.45) is 5.92 Å². The van der Waals surface area contributed by atoms with Crippen LogP contribution in [-0.4, -0.2) is 37.4 Å². The molecule has 5 heteroatoms. The van der Waals surface area contributed by atoms with Gasteiger partial charge in [-0.05, 0) is 18.6 Å². The molecule has 100 valence electrons. The van der Waals surface area contributed by atoms with Gasteiger partial charge in [0.05, 0.1) is 19.1 Å². The molecule has 1 heterocycles. The fourth-order valence-corrected chi connectivity index (χ4v) is 1.55. The Morgan fingerprint density at radius 1 is 1.50 bits per heavy atom. The second-order valence-electron chi connectivity index (χ2n) is 4.06. The third kappa shape index (κ3) is 5.49. The summed E-state index contributed by atoms with van der Waals surface area (Å²) in [5, 5.41) is 12.4. The molecule has 18 heavy (non-hydrogen) atoms. The van der Waals surface area contributed by atoms with Crippen molar-refractivity contribution in [3.63, 3.8) is 0 Å². The van der Waals surface area contributed by atoms with Crippen LogP contribution >= 0.6 is 11.6 Å². The lowest BCUT2D eigenvalue weighted by Crippen LogP contribution is -2.28. The van der Waals surface area contributed by atoms with Gasteiger partial charge in [0.25, 0.3) is 0 Å². The fourth-order valence-electron chi connectivity index (χ4n) is 1.41. The SMILES string of the molecule is Cc1ccccc1Cl.O=C(O)C1CNCCOC1. The number of carboxylic acids is 1. The van der Waals surface area contributed by atoms with E-state index in [1.54, 1.807) is 0 Å².